The molecule has 0 amide bonds. The van der Waals surface area contributed by atoms with Crippen LogP contribution in [0.3, 0.4) is 0 Å². The molecule has 1 aromatic carbocycles. The van der Waals surface area contributed by atoms with E-state index in [2.05, 4.69) is 16.0 Å². The zero-order valence-electron chi connectivity index (χ0n) is 6.11. The quantitative estimate of drug-likeness (QED) is 0.535. The van der Waals surface area contributed by atoms with Gasteiger partial charge < -0.3 is 0 Å². The zero-order valence-corrected chi connectivity index (χ0v) is 7.82. The normalized spacial score (nSPS) is 10.3. The summed E-state index contributed by atoms with van der Waals surface area (Å²) in [6.07, 6.45) is 0.803. The van der Waals surface area contributed by atoms with Crippen LogP contribution >= 0.6 is 0 Å². The minimum atomic E-state index is 0.561. The van der Waals surface area contributed by atoms with Crippen LogP contribution in [0.2, 0.25) is 0 Å². The molecule has 1 aromatic heterocycles. The molecule has 1 radical (unpaired) electrons. The van der Waals surface area contributed by atoms with Crippen LogP contribution in [0.15, 0.2) is 28.7 Å². The molecular weight excluding hydrogens is 219 g/mol. The fraction of sp³-hybridized carbons (Fsp3) is 0. The third-order valence-corrected chi connectivity index (χ3v) is 2.35. The summed E-state index contributed by atoms with van der Waals surface area (Å²) in [4.78, 5) is 10.6. The van der Waals surface area contributed by atoms with E-state index in [0.717, 1.165) is 17.3 Å². The maximum absolute atomic E-state index is 10.6. The Hall–Kier alpha value is -1.05. The molecule has 0 aliphatic rings. The van der Waals surface area contributed by atoms with Crippen LogP contribution < -0.4 is 4.66 Å². The van der Waals surface area contributed by atoms with Crippen LogP contribution in [0, 0.1) is 0 Å². The van der Waals surface area contributed by atoms with Crippen molar-refractivity contribution in [2.45, 2.75) is 0 Å². The summed E-state index contributed by atoms with van der Waals surface area (Å²) in [6.45, 7) is 0. The molecule has 3 heteroatoms. The third kappa shape index (κ3) is 0.986. The summed E-state index contributed by atoms with van der Waals surface area (Å²) in [5.41, 5.74) is 1.35. The average Bonchev–Trinajstić information content (AvgIpc) is 2.40. The van der Waals surface area contributed by atoms with E-state index in [4.69, 9.17) is 4.42 Å². The molecule has 0 atom stereocenters. The molecular formula is C9H5O2Se. The Labute approximate surface area is 77.4 Å². The van der Waals surface area contributed by atoms with Crippen molar-refractivity contribution in [1.82, 2.24) is 0 Å². The summed E-state index contributed by atoms with van der Waals surface area (Å²) < 4.78 is 5.86. The van der Waals surface area contributed by atoms with Crippen molar-refractivity contribution in [2.24, 2.45) is 0 Å². The number of hydrogen-bond donors (Lipinski definition) is 0. The first kappa shape index (κ1) is 7.59. The first-order chi connectivity index (χ1) is 5.83. The van der Waals surface area contributed by atoms with Gasteiger partial charge >= 0.3 is 77.0 Å². The molecule has 0 saturated carbocycles. The molecule has 0 unspecified atom stereocenters. The van der Waals surface area contributed by atoms with Gasteiger partial charge in [0.15, 0.2) is 0 Å². The van der Waals surface area contributed by atoms with Gasteiger partial charge in [0.25, 0.3) is 0 Å². The Morgan fingerprint density at radius 1 is 1.33 bits per heavy atom. The zero-order chi connectivity index (χ0) is 8.55. The Morgan fingerprint density at radius 2 is 2.08 bits per heavy atom. The molecule has 2 aromatic rings. The van der Waals surface area contributed by atoms with Gasteiger partial charge in [0, 0.05) is 0 Å². The molecule has 59 valence electrons. The fourth-order valence-corrected chi connectivity index (χ4v) is 1.67. The first-order valence-electron chi connectivity index (χ1n) is 3.46. The second-order valence-corrected chi connectivity index (χ2v) is 3.20. The van der Waals surface area contributed by atoms with E-state index in [1.54, 1.807) is 0 Å². The van der Waals surface area contributed by atoms with E-state index in [9.17, 15) is 4.79 Å². The summed E-state index contributed by atoms with van der Waals surface area (Å²) >= 11 is 2.71. The van der Waals surface area contributed by atoms with E-state index in [0.29, 0.717) is 10.2 Å². The van der Waals surface area contributed by atoms with Crippen molar-refractivity contribution < 1.29 is 9.21 Å². The van der Waals surface area contributed by atoms with Crippen LogP contribution in [-0.4, -0.2) is 22.3 Å². The van der Waals surface area contributed by atoms with Gasteiger partial charge in [0.05, 0.1) is 0 Å². The third-order valence-electron chi connectivity index (χ3n) is 1.72. The molecule has 0 saturated heterocycles. The molecule has 0 aliphatic heterocycles. The monoisotopic (exact) mass is 225 g/mol. The summed E-state index contributed by atoms with van der Waals surface area (Å²) in [5, 5.41) is 0.862. The number of rotatable bonds is 1. The number of hydrogen-bond acceptors (Lipinski definition) is 2. The van der Waals surface area contributed by atoms with E-state index in [1.165, 1.54) is 0 Å². The number of carbonyl (C=O) groups is 1. The van der Waals surface area contributed by atoms with Gasteiger partial charge in [-0.05, 0) is 0 Å². The molecule has 2 nitrogen and oxygen atoms in total. The van der Waals surface area contributed by atoms with E-state index in [1.807, 2.05) is 24.3 Å². The predicted octanol–water partition coefficient (Wildman–Crippen LogP) is 1.04. The molecule has 0 aliphatic carbocycles. The van der Waals surface area contributed by atoms with Crippen LogP contribution in [0.5, 0.6) is 0 Å². The van der Waals surface area contributed by atoms with Gasteiger partial charge in [0.2, 0.25) is 0 Å². The molecule has 0 N–H and O–H groups in total. The molecule has 0 bridgehead atoms. The predicted molar refractivity (Wildman–Crippen MR) is 47.0 cm³/mol. The van der Waals surface area contributed by atoms with Gasteiger partial charge in [0.1, 0.15) is 0 Å². The molecule has 12 heavy (non-hydrogen) atoms. The Morgan fingerprint density at radius 3 is 2.83 bits per heavy atom. The number of fused-ring (bicyclic) bond motifs is 1. The number of furan rings is 1. The van der Waals surface area contributed by atoms with Crippen LogP contribution in [0.25, 0.3) is 11.0 Å². The number of benzene rings is 1. The van der Waals surface area contributed by atoms with Crippen LogP contribution in [-0.2, 0) is 0 Å². The van der Waals surface area contributed by atoms with E-state index < -0.39 is 0 Å². The molecule has 1 heterocycles. The fourth-order valence-electron chi connectivity index (χ4n) is 1.15. The second kappa shape index (κ2) is 2.77. The maximum atomic E-state index is 10.6. The summed E-state index contributed by atoms with van der Waals surface area (Å²) in [6, 6.07) is 7.46. The average molecular weight is 224 g/mol. The number of carbonyl (C=O) groups excluding carboxylic acids is 1. The molecule has 2 rings (SSSR count). The van der Waals surface area contributed by atoms with Gasteiger partial charge in [-0.3, -0.25) is 0 Å². The van der Waals surface area contributed by atoms with Gasteiger partial charge in [-0.15, -0.1) is 0 Å². The summed E-state index contributed by atoms with van der Waals surface area (Å²) in [5.74, 6) is 0. The SMILES string of the molecule is O=Cc1c([Se])oc2ccccc12. The van der Waals surface area contributed by atoms with Gasteiger partial charge in [-0.25, -0.2) is 0 Å². The van der Waals surface area contributed by atoms with Crippen molar-refractivity contribution in [3.05, 3.63) is 29.8 Å². The minimum absolute atomic E-state index is 0.561. The van der Waals surface area contributed by atoms with Gasteiger partial charge in [-0.2, -0.15) is 0 Å². The standard InChI is InChI=1S/C9H5O2Se/c10-5-7-6-3-1-2-4-8(6)11-9(7)12/h1-5H. The van der Waals surface area contributed by atoms with Gasteiger partial charge in [-0.1, -0.05) is 0 Å². The van der Waals surface area contributed by atoms with Crippen LogP contribution in [0.1, 0.15) is 10.4 Å². The Kier molecular flexibility index (Phi) is 1.75. The van der Waals surface area contributed by atoms with Crippen molar-refractivity contribution in [3.8, 4) is 0 Å². The van der Waals surface area contributed by atoms with Crippen molar-refractivity contribution in [2.75, 3.05) is 0 Å². The van der Waals surface area contributed by atoms with E-state index in [-0.39, 0.29) is 0 Å². The van der Waals surface area contributed by atoms with Crippen LogP contribution in [0.4, 0.5) is 0 Å². The topological polar surface area (TPSA) is 30.2 Å². The molecule has 0 spiro atoms. The van der Waals surface area contributed by atoms with E-state index >= 15 is 0 Å². The van der Waals surface area contributed by atoms with Crippen molar-refractivity contribution >= 4 is 37.9 Å². The number of aldehydes is 1. The number of para-hydroxylation sites is 1. The first-order valence-corrected chi connectivity index (χ1v) is 4.32. The van der Waals surface area contributed by atoms with Crippen molar-refractivity contribution in [1.29, 1.82) is 0 Å². The Balaban J connectivity index is 2.90. The Bertz CT molecular complexity index is 431. The second-order valence-electron chi connectivity index (χ2n) is 2.42. The molecule has 0 fully saturated rings. The van der Waals surface area contributed by atoms with Crippen molar-refractivity contribution in [3.63, 3.8) is 0 Å². The summed E-state index contributed by atoms with van der Waals surface area (Å²) in [7, 11) is 0.